The van der Waals surface area contributed by atoms with Gasteiger partial charge in [0.25, 0.3) is 0 Å². The first-order chi connectivity index (χ1) is 7.91. The zero-order valence-corrected chi connectivity index (χ0v) is 11.2. The van der Waals surface area contributed by atoms with Crippen molar-refractivity contribution in [1.29, 1.82) is 0 Å². The van der Waals surface area contributed by atoms with Gasteiger partial charge in [-0.2, -0.15) is 5.10 Å². The van der Waals surface area contributed by atoms with Crippen LogP contribution in [0.5, 0.6) is 5.75 Å². The first kappa shape index (κ1) is 14.0. The lowest BCUT2D eigenvalue weighted by Crippen LogP contribution is -2.25. The highest BCUT2D eigenvalue weighted by Gasteiger charge is 2.13. The van der Waals surface area contributed by atoms with Crippen molar-refractivity contribution in [3.8, 4) is 5.75 Å². The Kier molecular flexibility index (Phi) is 4.96. The second-order valence-corrected chi connectivity index (χ2v) is 4.47. The average molecular weight is 242 g/mol. The standard InChI is InChI=1S/C12H22N2O3/c1-8(2)16-6-11(15)7-17-12-9(3)13-14(5)10(12)4/h8,11,15H,6-7H2,1-5H3/t11-/m1/s1. The summed E-state index contributed by atoms with van der Waals surface area (Å²) in [4.78, 5) is 0. The number of aliphatic hydroxyl groups is 1. The summed E-state index contributed by atoms with van der Waals surface area (Å²) in [5, 5.41) is 13.9. The molecule has 0 aliphatic rings. The topological polar surface area (TPSA) is 56.5 Å². The van der Waals surface area contributed by atoms with Crippen LogP contribution in [0.1, 0.15) is 25.2 Å². The van der Waals surface area contributed by atoms with E-state index in [1.165, 1.54) is 0 Å². The first-order valence-corrected chi connectivity index (χ1v) is 5.84. The zero-order valence-electron chi connectivity index (χ0n) is 11.2. The molecule has 0 bridgehead atoms. The van der Waals surface area contributed by atoms with Gasteiger partial charge in [0, 0.05) is 7.05 Å². The zero-order chi connectivity index (χ0) is 13.0. The molecule has 1 aromatic heterocycles. The lowest BCUT2D eigenvalue weighted by molar-refractivity contribution is -0.0124. The van der Waals surface area contributed by atoms with E-state index in [0.29, 0.717) is 0 Å². The molecule has 1 aromatic rings. The van der Waals surface area contributed by atoms with Gasteiger partial charge < -0.3 is 14.6 Å². The monoisotopic (exact) mass is 242 g/mol. The van der Waals surface area contributed by atoms with Crippen molar-refractivity contribution in [3.63, 3.8) is 0 Å². The molecule has 0 unspecified atom stereocenters. The highest BCUT2D eigenvalue weighted by molar-refractivity contribution is 5.31. The summed E-state index contributed by atoms with van der Waals surface area (Å²) in [5.74, 6) is 0.746. The third-order valence-electron chi connectivity index (χ3n) is 2.48. The van der Waals surface area contributed by atoms with Crippen molar-refractivity contribution >= 4 is 0 Å². The van der Waals surface area contributed by atoms with E-state index in [2.05, 4.69) is 5.10 Å². The summed E-state index contributed by atoms with van der Waals surface area (Å²) < 4.78 is 12.6. The second-order valence-electron chi connectivity index (χ2n) is 4.47. The fraction of sp³-hybridized carbons (Fsp3) is 0.750. The maximum Gasteiger partial charge on any atom is 0.163 e. The summed E-state index contributed by atoms with van der Waals surface area (Å²) in [6.07, 6.45) is -0.497. The Morgan fingerprint density at radius 3 is 2.41 bits per heavy atom. The molecule has 0 fully saturated rings. The van der Waals surface area contributed by atoms with Gasteiger partial charge in [-0.3, -0.25) is 4.68 Å². The van der Waals surface area contributed by atoms with Crippen LogP contribution in [0.3, 0.4) is 0 Å². The fourth-order valence-corrected chi connectivity index (χ4v) is 1.49. The SMILES string of the molecule is Cc1nn(C)c(C)c1OC[C@H](O)COC(C)C. The highest BCUT2D eigenvalue weighted by Crippen LogP contribution is 2.21. The Morgan fingerprint density at radius 2 is 1.94 bits per heavy atom. The van der Waals surface area contributed by atoms with E-state index >= 15 is 0 Å². The smallest absolute Gasteiger partial charge is 0.163 e. The van der Waals surface area contributed by atoms with Crippen LogP contribution in [0, 0.1) is 13.8 Å². The van der Waals surface area contributed by atoms with Crippen LogP contribution in [-0.4, -0.2) is 40.3 Å². The van der Waals surface area contributed by atoms with Crippen LogP contribution >= 0.6 is 0 Å². The van der Waals surface area contributed by atoms with E-state index in [1.807, 2.05) is 34.7 Å². The maximum atomic E-state index is 9.67. The highest BCUT2D eigenvalue weighted by atomic mass is 16.5. The summed E-state index contributed by atoms with van der Waals surface area (Å²) in [5.41, 5.74) is 1.79. The largest absolute Gasteiger partial charge is 0.487 e. The molecule has 98 valence electrons. The van der Waals surface area contributed by atoms with Gasteiger partial charge in [-0.25, -0.2) is 0 Å². The number of hydrogen-bond donors (Lipinski definition) is 1. The molecule has 0 radical (unpaired) electrons. The van der Waals surface area contributed by atoms with Gasteiger partial charge in [-0.05, 0) is 27.7 Å². The maximum absolute atomic E-state index is 9.67. The van der Waals surface area contributed by atoms with Crippen molar-refractivity contribution in [2.24, 2.45) is 7.05 Å². The molecule has 0 aliphatic heterocycles. The number of ether oxygens (including phenoxy) is 2. The van der Waals surface area contributed by atoms with E-state index in [-0.39, 0.29) is 19.3 Å². The Balaban J connectivity index is 2.44. The predicted octanol–water partition coefficient (Wildman–Crippen LogP) is 1.20. The second kappa shape index (κ2) is 6.02. The van der Waals surface area contributed by atoms with Crippen molar-refractivity contribution in [2.45, 2.75) is 39.9 Å². The van der Waals surface area contributed by atoms with Crippen LogP contribution in [0.15, 0.2) is 0 Å². The Labute approximate surface area is 102 Å². The summed E-state index contributed by atoms with van der Waals surface area (Å²) >= 11 is 0. The van der Waals surface area contributed by atoms with Gasteiger partial charge in [0.05, 0.1) is 18.4 Å². The minimum Gasteiger partial charge on any atom is -0.487 e. The van der Waals surface area contributed by atoms with E-state index < -0.39 is 6.10 Å². The van der Waals surface area contributed by atoms with Crippen LogP contribution in [0.2, 0.25) is 0 Å². The number of aliphatic hydroxyl groups excluding tert-OH is 1. The molecule has 1 N–H and O–H groups in total. The molecule has 0 aliphatic carbocycles. The van der Waals surface area contributed by atoms with Crippen molar-refractivity contribution in [2.75, 3.05) is 13.2 Å². The van der Waals surface area contributed by atoms with Gasteiger partial charge >= 0.3 is 0 Å². The predicted molar refractivity (Wildman–Crippen MR) is 65.3 cm³/mol. The summed E-state index contributed by atoms with van der Waals surface area (Å²) in [6.45, 7) is 8.20. The summed E-state index contributed by atoms with van der Waals surface area (Å²) in [6, 6.07) is 0. The van der Waals surface area contributed by atoms with Gasteiger partial charge in [-0.15, -0.1) is 0 Å². The number of hydrogen-bond acceptors (Lipinski definition) is 4. The molecule has 0 spiro atoms. The minimum atomic E-state index is -0.614. The first-order valence-electron chi connectivity index (χ1n) is 5.84. The molecule has 1 atom stereocenters. The van der Waals surface area contributed by atoms with Crippen LogP contribution in [-0.2, 0) is 11.8 Å². The quantitative estimate of drug-likeness (QED) is 0.814. The molecule has 1 heterocycles. The lowest BCUT2D eigenvalue weighted by Gasteiger charge is -2.14. The van der Waals surface area contributed by atoms with E-state index in [4.69, 9.17) is 9.47 Å². The van der Waals surface area contributed by atoms with Crippen LogP contribution in [0.4, 0.5) is 0 Å². The lowest BCUT2D eigenvalue weighted by atomic mass is 10.3. The van der Waals surface area contributed by atoms with Crippen molar-refractivity contribution < 1.29 is 14.6 Å². The number of rotatable bonds is 6. The molecule has 5 nitrogen and oxygen atoms in total. The number of aromatic nitrogens is 2. The Bertz CT molecular complexity index is 361. The molecular formula is C12H22N2O3. The molecule has 1 rings (SSSR count). The van der Waals surface area contributed by atoms with E-state index in [1.54, 1.807) is 4.68 Å². The Morgan fingerprint density at radius 1 is 1.29 bits per heavy atom. The Hall–Kier alpha value is -1.07. The van der Waals surface area contributed by atoms with Gasteiger partial charge in [-0.1, -0.05) is 0 Å². The summed E-state index contributed by atoms with van der Waals surface area (Å²) in [7, 11) is 1.87. The molecule has 5 heteroatoms. The molecule has 0 saturated carbocycles. The van der Waals surface area contributed by atoms with Crippen LogP contribution < -0.4 is 4.74 Å². The van der Waals surface area contributed by atoms with Crippen LogP contribution in [0.25, 0.3) is 0 Å². The average Bonchev–Trinajstić information content (AvgIpc) is 2.48. The number of aryl methyl sites for hydroxylation is 2. The van der Waals surface area contributed by atoms with E-state index in [9.17, 15) is 5.11 Å². The normalized spacial score (nSPS) is 13.1. The van der Waals surface area contributed by atoms with Gasteiger partial charge in [0.2, 0.25) is 0 Å². The third-order valence-corrected chi connectivity index (χ3v) is 2.48. The fourth-order valence-electron chi connectivity index (χ4n) is 1.49. The molecule has 0 saturated heterocycles. The molecule has 17 heavy (non-hydrogen) atoms. The third kappa shape index (κ3) is 4.02. The van der Waals surface area contributed by atoms with E-state index in [0.717, 1.165) is 17.1 Å². The number of nitrogens with zero attached hydrogens (tertiary/aromatic N) is 2. The van der Waals surface area contributed by atoms with Crippen molar-refractivity contribution in [3.05, 3.63) is 11.4 Å². The van der Waals surface area contributed by atoms with Gasteiger partial charge in [0.1, 0.15) is 18.4 Å². The molecular weight excluding hydrogens is 220 g/mol. The van der Waals surface area contributed by atoms with Gasteiger partial charge in [0.15, 0.2) is 5.75 Å². The molecule has 0 aromatic carbocycles. The van der Waals surface area contributed by atoms with Crippen molar-refractivity contribution in [1.82, 2.24) is 9.78 Å². The minimum absolute atomic E-state index is 0.117. The molecule has 0 amide bonds.